The van der Waals surface area contributed by atoms with Crippen LogP contribution in [0.4, 0.5) is 0 Å². The Balaban J connectivity index is 2.28. The predicted molar refractivity (Wildman–Crippen MR) is 134 cm³/mol. The Bertz CT molecular complexity index is 948. The Morgan fingerprint density at radius 2 is 1.53 bits per heavy atom. The fraction of sp³-hybridized carbons (Fsp3) is 0.538. The molecule has 0 aliphatic heterocycles. The molecule has 0 amide bonds. The first kappa shape index (κ1) is 26.8. The zero-order valence-electron chi connectivity index (χ0n) is 20.2. The van der Waals surface area contributed by atoms with Crippen LogP contribution in [-0.4, -0.2) is 37.0 Å². The van der Waals surface area contributed by atoms with Gasteiger partial charge in [-0.25, -0.2) is 8.42 Å². The zero-order chi connectivity index (χ0) is 24.1. The molecule has 178 valence electrons. The lowest BCUT2D eigenvalue weighted by Crippen LogP contribution is -2.45. The molecule has 0 spiro atoms. The summed E-state index contributed by atoms with van der Waals surface area (Å²) in [5.41, 5.74) is 2.55. The van der Waals surface area contributed by atoms with Crippen LogP contribution < -0.4 is 0 Å². The lowest BCUT2D eigenvalue weighted by atomic mass is 9.86. The first-order valence-corrected chi connectivity index (χ1v) is 13.1. The lowest BCUT2D eigenvalue weighted by molar-refractivity contribution is 0.157. The van der Waals surface area contributed by atoms with Crippen molar-refractivity contribution in [3.8, 4) is 0 Å². The highest BCUT2D eigenvalue weighted by atomic mass is 35.5. The molecule has 2 atom stereocenters. The summed E-state index contributed by atoms with van der Waals surface area (Å²) >= 11 is 5.97. The van der Waals surface area contributed by atoms with Crippen molar-refractivity contribution in [2.24, 2.45) is 11.8 Å². The Morgan fingerprint density at radius 1 is 0.969 bits per heavy atom. The van der Waals surface area contributed by atoms with Gasteiger partial charge < -0.3 is 5.11 Å². The molecular weight excluding hydrogens is 442 g/mol. The van der Waals surface area contributed by atoms with Gasteiger partial charge in [0, 0.05) is 17.6 Å². The van der Waals surface area contributed by atoms with E-state index in [4.69, 9.17) is 11.6 Å². The molecule has 32 heavy (non-hydrogen) atoms. The molecular formula is C26H38ClNO3S. The summed E-state index contributed by atoms with van der Waals surface area (Å²) in [5.74, 6) is 0.342. The largest absolute Gasteiger partial charge is 0.395 e. The number of halogens is 1. The molecule has 1 unspecified atom stereocenters. The maximum absolute atomic E-state index is 13.5. The number of rotatable bonds is 10. The zero-order valence-corrected chi connectivity index (χ0v) is 21.7. The van der Waals surface area contributed by atoms with E-state index in [9.17, 15) is 13.5 Å². The Labute approximate surface area is 199 Å². The lowest BCUT2D eigenvalue weighted by Gasteiger charge is -2.33. The second kappa shape index (κ2) is 11.1. The van der Waals surface area contributed by atoms with Crippen molar-refractivity contribution in [3.05, 3.63) is 64.7 Å². The van der Waals surface area contributed by atoms with E-state index in [1.54, 1.807) is 12.1 Å². The van der Waals surface area contributed by atoms with E-state index in [0.717, 1.165) is 6.42 Å². The number of aliphatic hydroxyl groups is 1. The standard InChI is InChI=1S/C26H38ClNO3S/c1-19(2)15-24(18-29)28(32(30,31)25-13-11-23(27)12-14-25)17-20(3)16-21-7-9-22(10-8-21)26(4,5)6/h7-14,19-20,24,29H,15-18H2,1-6H3/t20?,24-/m1/s1. The van der Waals surface area contributed by atoms with Gasteiger partial charge in [-0.05, 0) is 65.5 Å². The first-order chi connectivity index (χ1) is 14.8. The smallest absolute Gasteiger partial charge is 0.243 e. The van der Waals surface area contributed by atoms with E-state index in [1.165, 1.54) is 27.6 Å². The molecule has 0 aromatic heterocycles. The molecule has 0 aliphatic carbocycles. The van der Waals surface area contributed by atoms with E-state index in [-0.39, 0.29) is 28.8 Å². The Hall–Kier alpha value is -1.40. The monoisotopic (exact) mass is 479 g/mol. The Morgan fingerprint density at radius 3 is 2.00 bits per heavy atom. The fourth-order valence-electron chi connectivity index (χ4n) is 3.93. The van der Waals surface area contributed by atoms with Gasteiger partial charge >= 0.3 is 0 Å². The average molecular weight is 480 g/mol. The number of sulfonamides is 1. The van der Waals surface area contributed by atoms with Crippen LogP contribution in [0.25, 0.3) is 0 Å². The molecule has 0 radical (unpaired) electrons. The van der Waals surface area contributed by atoms with Gasteiger partial charge in [0.25, 0.3) is 0 Å². The van der Waals surface area contributed by atoms with Gasteiger partial charge in [0.2, 0.25) is 10.0 Å². The van der Waals surface area contributed by atoms with Crippen LogP contribution in [0.2, 0.25) is 5.02 Å². The van der Waals surface area contributed by atoms with Gasteiger partial charge in [-0.1, -0.05) is 77.4 Å². The minimum Gasteiger partial charge on any atom is -0.395 e. The van der Waals surface area contributed by atoms with E-state index in [1.807, 2.05) is 13.8 Å². The topological polar surface area (TPSA) is 57.6 Å². The van der Waals surface area contributed by atoms with E-state index in [2.05, 4.69) is 52.0 Å². The van der Waals surface area contributed by atoms with Gasteiger partial charge in [-0.15, -0.1) is 0 Å². The van der Waals surface area contributed by atoms with Crippen LogP contribution in [0.3, 0.4) is 0 Å². The SMILES string of the molecule is CC(C)C[C@H](CO)N(CC(C)Cc1ccc(C(C)(C)C)cc1)S(=O)(=O)c1ccc(Cl)cc1. The highest BCUT2D eigenvalue weighted by Crippen LogP contribution is 2.26. The third-order valence-electron chi connectivity index (χ3n) is 5.68. The third kappa shape index (κ3) is 7.31. The summed E-state index contributed by atoms with van der Waals surface area (Å²) < 4.78 is 28.6. The van der Waals surface area contributed by atoms with Crippen LogP contribution in [-0.2, 0) is 21.9 Å². The molecule has 0 saturated carbocycles. The van der Waals surface area contributed by atoms with E-state index < -0.39 is 16.1 Å². The summed E-state index contributed by atoms with van der Waals surface area (Å²) in [5, 5.41) is 10.6. The van der Waals surface area contributed by atoms with Gasteiger partial charge in [0.05, 0.1) is 11.5 Å². The highest BCUT2D eigenvalue weighted by molar-refractivity contribution is 7.89. The number of hydrogen-bond donors (Lipinski definition) is 1. The molecule has 2 aromatic carbocycles. The van der Waals surface area contributed by atoms with Crippen LogP contribution in [0, 0.1) is 11.8 Å². The molecule has 2 rings (SSSR count). The highest BCUT2D eigenvalue weighted by Gasteiger charge is 2.32. The van der Waals surface area contributed by atoms with Crippen molar-refractivity contribution in [3.63, 3.8) is 0 Å². The molecule has 0 heterocycles. The summed E-state index contributed by atoms with van der Waals surface area (Å²) in [6.45, 7) is 12.8. The minimum absolute atomic E-state index is 0.0822. The summed E-state index contributed by atoms with van der Waals surface area (Å²) in [6, 6.07) is 14.3. The molecule has 0 bridgehead atoms. The molecule has 2 aromatic rings. The molecule has 4 nitrogen and oxygen atoms in total. The minimum atomic E-state index is -3.77. The summed E-state index contributed by atoms with van der Waals surface area (Å²) in [6.07, 6.45) is 1.35. The molecule has 0 saturated heterocycles. The predicted octanol–water partition coefficient (Wildman–Crippen LogP) is 5.91. The number of nitrogens with zero attached hydrogens (tertiary/aromatic N) is 1. The van der Waals surface area contributed by atoms with Crippen molar-refractivity contribution in [2.75, 3.05) is 13.2 Å². The van der Waals surface area contributed by atoms with Crippen molar-refractivity contribution >= 4 is 21.6 Å². The maximum Gasteiger partial charge on any atom is 0.243 e. The van der Waals surface area contributed by atoms with Crippen molar-refractivity contribution < 1.29 is 13.5 Å². The van der Waals surface area contributed by atoms with E-state index >= 15 is 0 Å². The first-order valence-electron chi connectivity index (χ1n) is 11.3. The number of hydrogen-bond acceptors (Lipinski definition) is 3. The molecule has 0 fully saturated rings. The van der Waals surface area contributed by atoms with Gasteiger partial charge in [0.15, 0.2) is 0 Å². The second-order valence-electron chi connectivity index (χ2n) is 10.3. The third-order valence-corrected chi connectivity index (χ3v) is 7.86. The average Bonchev–Trinajstić information content (AvgIpc) is 2.70. The molecule has 6 heteroatoms. The fourth-order valence-corrected chi connectivity index (χ4v) is 5.80. The van der Waals surface area contributed by atoms with Gasteiger partial charge in [0.1, 0.15) is 0 Å². The van der Waals surface area contributed by atoms with Crippen molar-refractivity contribution in [2.45, 2.75) is 70.7 Å². The van der Waals surface area contributed by atoms with Crippen molar-refractivity contribution in [1.29, 1.82) is 0 Å². The Kier molecular flexibility index (Phi) is 9.35. The van der Waals surface area contributed by atoms with E-state index in [0.29, 0.717) is 18.0 Å². The normalized spacial score (nSPS) is 14.7. The summed E-state index contributed by atoms with van der Waals surface area (Å²) in [7, 11) is -3.77. The second-order valence-corrected chi connectivity index (χ2v) is 12.6. The van der Waals surface area contributed by atoms with Gasteiger partial charge in [-0.2, -0.15) is 4.31 Å². The molecule has 0 aliphatic rings. The maximum atomic E-state index is 13.5. The summed E-state index contributed by atoms with van der Waals surface area (Å²) in [4.78, 5) is 0.200. The van der Waals surface area contributed by atoms with Crippen LogP contribution in [0.1, 0.15) is 59.1 Å². The quantitative estimate of drug-likeness (QED) is 0.460. The van der Waals surface area contributed by atoms with Crippen LogP contribution >= 0.6 is 11.6 Å². The van der Waals surface area contributed by atoms with Crippen molar-refractivity contribution in [1.82, 2.24) is 4.31 Å². The van der Waals surface area contributed by atoms with Gasteiger partial charge in [-0.3, -0.25) is 0 Å². The number of aliphatic hydroxyl groups excluding tert-OH is 1. The van der Waals surface area contributed by atoms with Crippen LogP contribution in [0.5, 0.6) is 0 Å². The molecule has 1 N–H and O–H groups in total. The number of benzene rings is 2. The van der Waals surface area contributed by atoms with Crippen LogP contribution in [0.15, 0.2) is 53.4 Å².